The zero-order valence-corrected chi connectivity index (χ0v) is 18.4. The van der Waals surface area contributed by atoms with Gasteiger partial charge < -0.3 is 19.3 Å². The second kappa shape index (κ2) is 8.24. The number of hydrogen-bond donors (Lipinski definition) is 2. The molecule has 5 rings (SSSR count). The Hall–Kier alpha value is -3.03. The predicted octanol–water partition coefficient (Wildman–Crippen LogP) is 5.11. The van der Waals surface area contributed by atoms with Gasteiger partial charge in [-0.2, -0.15) is 0 Å². The molecule has 0 fully saturated rings. The van der Waals surface area contributed by atoms with Gasteiger partial charge in [0.25, 0.3) is 0 Å². The minimum absolute atomic E-state index is 0.148. The minimum Gasteiger partial charge on any atom is -0.508 e. The molecule has 7 heteroatoms. The Bertz CT molecular complexity index is 1160. The van der Waals surface area contributed by atoms with Crippen LogP contribution in [0.5, 0.6) is 23.0 Å². The Morgan fingerprint density at radius 1 is 1.03 bits per heavy atom. The van der Waals surface area contributed by atoms with Gasteiger partial charge in [0.1, 0.15) is 17.7 Å². The monoisotopic (exact) mass is 480 g/mol. The molecule has 0 unspecified atom stereocenters. The van der Waals surface area contributed by atoms with Gasteiger partial charge >= 0.3 is 0 Å². The number of aromatic hydroxyl groups is 1. The van der Waals surface area contributed by atoms with E-state index in [9.17, 15) is 5.11 Å². The Balaban J connectivity index is 1.59. The lowest BCUT2D eigenvalue weighted by atomic mass is 9.93. The van der Waals surface area contributed by atoms with E-state index < -0.39 is 0 Å². The number of aliphatic imine (C=N–C) groups is 1. The van der Waals surface area contributed by atoms with Crippen molar-refractivity contribution >= 4 is 21.6 Å². The van der Waals surface area contributed by atoms with Gasteiger partial charge in [-0.15, -0.1) is 0 Å². The van der Waals surface area contributed by atoms with Crippen molar-refractivity contribution in [2.45, 2.75) is 18.6 Å². The molecule has 6 nitrogen and oxygen atoms in total. The molecule has 2 aliphatic heterocycles. The lowest BCUT2D eigenvalue weighted by molar-refractivity contribution is 0.174. The Morgan fingerprint density at radius 2 is 1.87 bits per heavy atom. The van der Waals surface area contributed by atoms with Crippen molar-refractivity contribution in [2.24, 2.45) is 4.99 Å². The van der Waals surface area contributed by atoms with Crippen molar-refractivity contribution < 1.29 is 19.3 Å². The van der Waals surface area contributed by atoms with Gasteiger partial charge in [-0.05, 0) is 48.0 Å². The molecule has 0 aliphatic carbocycles. The number of halogens is 1. The van der Waals surface area contributed by atoms with Crippen molar-refractivity contribution in [1.82, 2.24) is 5.32 Å². The molecular formula is C24H21BrN2O4. The molecule has 0 spiro atoms. The normalized spacial score (nSPS) is 19.7. The third kappa shape index (κ3) is 3.86. The maximum atomic E-state index is 10.6. The van der Waals surface area contributed by atoms with E-state index >= 15 is 0 Å². The van der Waals surface area contributed by atoms with E-state index in [1.807, 2.05) is 54.6 Å². The number of nitrogens with zero attached hydrogens (tertiary/aromatic N) is 1. The molecule has 2 aliphatic rings. The van der Waals surface area contributed by atoms with Crippen molar-refractivity contribution in [1.29, 1.82) is 0 Å². The van der Waals surface area contributed by atoms with E-state index in [0.717, 1.165) is 44.1 Å². The summed E-state index contributed by atoms with van der Waals surface area (Å²) >= 11 is 3.52. The van der Waals surface area contributed by atoms with Crippen LogP contribution in [0.15, 0.2) is 70.1 Å². The molecular weight excluding hydrogens is 460 g/mol. The predicted molar refractivity (Wildman–Crippen MR) is 121 cm³/mol. The fourth-order valence-corrected chi connectivity index (χ4v) is 4.39. The van der Waals surface area contributed by atoms with Gasteiger partial charge in [-0.3, -0.25) is 10.3 Å². The molecule has 0 saturated heterocycles. The highest BCUT2D eigenvalue weighted by molar-refractivity contribution is 9.10. The summed E-state index contributed by atoms with van der Waals surface area (Å²) in [5.41, 5.74) is 3.62. The number of rotatable bonds is 4. The Kier molecular flexibility index (Phi) is 5.29. The fourth-order valence-electron chi connectivity index (χ4n) is 4.01. The number of methoxy groups -OCH3 is 1. The number of phenols is 1. The zero-order valence-electron chi connectivity index (χ0n) is 16.8. The average Bonchev–Trinajstić information content (AvgIpc) is 3.28. The zero-order chi connectivity index (χ0) is 21.4. The summed E-state index contributed by atoms with van der Waals surface area (Å²) in [7, 11) is 1.65. The van der Waals surface area contributed by atoms with Crippen LogP contribution in [0.25, 0.3) is 0 Å². The summed E-state index contributed by atoms with van der Waals surface area (Å²) in [6.07, 6.45) is 0.267. The Labute approximate surface area is 188 Å². The summed E-state index contributed by atoms with van der Waals surface area (Å²) in [6.45, 7) is 0.227. The highest BCUT2D eigenvalue weighted by Crippen LogP contribution is 2.39. The molecule has 0 amide bonds. The van der Waals surface area contributed by atoms with Gasteiger partial charge in [-0.1, -0.05) is 34.1 Å². The number of ether oxygens (including phenoxy) is 3. The first kappa shape index (κ1) is 19.9. The summed E-state index contributed by atoms with van der Waals surface area (Å²) < 4.78 is 17.5. The SMILES string of the molecule is COc1ccccc1[C@H]1N=C(c2ccc3c(c2)OCO3)C[C@@H](c2cc(Br)ccc2O)N1. The van der Waals surface area contributed by atoms with Gasteiger partial charge in [0.15, 0.2) is 11.5 Å². The van der Waals surface area contributed by atoms with E-state index in [0.29, 0.717) is 6.42 Å². The van der Waals surface area contributed by atoms with Gasteiger partial charge in [0.05, 0.1) is 7.11 Å². The van der Waals surface area contributed by atoms with Crippen LogP contribution in [0.2, 0.25) is 0 Å². The molecule has 0 bridgehead atoms. The van der Waals surface area contributed by atoms with Crippen molar-refractivity contribution in [3.8, 4) is 23.0 Å². The first-order valence-electron chi connectivity index (χ1n) is 9.96. The fraction of sp³-hybridized carbons (Fsp3) is 0.208. The van der Waals surface area contributed by atoms with Crippen LogP contribution in [-0.2, 0) is 0 Å². The molecule has 158 valence electrons. The summed E-state index contributed by atoms with van der Waals surface area (Å²) in [6, 6.07) is 19.0. The van der Waals surface area contributed by atoms with E-state index in [2.05, 4.69) is 21.2 Å². The average molecular weight is 481 g/mol. The lowest BCUT2D eigenvalue weighted by Crippen LogP contribution is -2.33. The molecule has 2 N–H and O–H groups in total. The van der Waals surface area contributed by atoms with Crippen LogP contribution in [0, 0.1) is 0 Å². The number of fused-ring (bicyclic) bond motifs is 1. The number of hydrogen-bond acceptors (Lipinski definition) is 6. The molecule has 31 heavy (non-hydrogen) atoms. The molecule has 3 aromatic rings. The summed E-state index contributed by atoms with van der Waals surface area (Å²) in [5.74, 6) is 2.45. The van der Waals surface area contributed by atoms with Crippen molar-refractivity contribution in [2.75, 3.05) is 13.9 Å². The standard InChI is InChI=1S/C24H21BrN2O4/c1-29-21-5-3-2-4-16(21)24-26-18(14-6-9-22-23(10-14)31-13-30-22)12-19(27-24)17-11-15(25)7-8-20(17)28/h2-11,19,24,27-28H,12-13H2,1H3/t19-,24-/m0/s1. The van der Waals surface area contributed by atoms with E-state index in [-0.39, 0.29) is 24.8 Å². The van der Waals surface area contributed by atoms with Crippen LogP contribution in [0.1, 0.15) is 35.3 Å². The number of para-hydroxylation sites is 1. The van der Waals surface area contributed by atoms with Gasteiger partial charge in [-0.25, -0.2) is 0 Å². The smallest absolute Gasteiger partial charge is 0.231 e. The second-order valence-electron chi connectivity index (χ2n) is 7.41. The van der Waals surface area contributed by atoms with Gasteiger partial charge in [0.2, 0.25) is 6.79 Å². The van der Waals surface area contributed by atoms with E-state index in [1.54, 1.807) is 13.2 Å². The first-order valence-corrected chi connectivity index (χ1v) is 10.8. The number of phenolic OH excluding ortho intramolecular Hbond substituents is 1. The van der Waals surface area contributed by atoms with E-state index in [1.165, 1.54) is 0 Å². The van der Waals surface area contributed by atoms with Gasteiger partial charge in [0, 0.05) is 33.8 Å². The maximum Gasteiger partial charge on any atom is 0.231 e. The topological polar surface area (TPSA) is 72.3 Å². The van der Waals surface area contributed by atoms with Crippen LogP contribution < -0.4 is 19.5 Å². The van der Waals surface area contributed by atoms with Crippen LogP contribution in [-0.4, -0.2) is 24.7 Å². The molecule has 0 radical (unpaired) electrons. The van der Waals surface area contributed by atoms with Crippen molar-refractivity contribution in [3.05, 3.63) is 81.8 Å². The Morgan fingerprint density at radius 3 is 2.74 bits per heavy atom. The van der Waals surface area contributed by atoms with Crippen LogP contribution >= 0.6 is 15.9 Å². The molecule has 0 aromatic heterocycles. The molecule has 3 aromatic carbocycles. The minimum atomic E-state index is -0.339. The molecule has 2 atom stereocenters. The second-order valence-corrected chi connectivity index (χ2v) is 8.33. The largest absolute Gasteiger partial charge is 0.508 e. The van der Waals surface area contributed by atoms with Crippen LogP contribution in [0.4, 0.5) is 0 Å². The highest BCUT2D eigenvalue weighted by atomic mass is 79.9. The van der Waals surface area contributed by atoms with Crippen LogP contribution in [0.3, 0.4) is 0 Å². The quantitative estimate of drug-likeness (QED) is 0.542. The summed E-state index contributed by atoms with van der Waals surface area (Å²) in [4.78, 5) is 5.02. The number of benzene rings is 3. The molecule has 2 heterocycles. The van der Waals surface area contributed by atoms with E-state index in [4.69, 9.17) is 19.2 Å². The molecule has 0 saturated carbocycles. The van der Waals surface area contributed by atoms with Crippen molar-refractivity contribution in [3.63, 3.8) is 0 Å². The third-order valence-corrected chi connectivity index (χ3v) is 6.04. The first-order chi connectivity index (χ1) is 15.1. The summed E-state index contributed by atoms with van der Waals surface area (Å²) in [5, 5.41) is 14.1. The third-order valence-electron chi connectivity index (χ3n) is 5.55. The maximum absolute atomic E-state index is 10.6. The lowest BCUT2D eigenvalue weighted by Gasteiger charge is -2.31. The highest BCUT2D eigenvalue weighted by Gasteiger charge is 2.30. The number of nitrogens with one attached hydrogen (secondary N) is 1.